The topological polar surface area (TPSA) is 94.3 Å². The van der Waals surface area contributed by atoms with Crippen LogP contribution in [-0.2, 0) is 9.63 Å². The molecular weight excluding hydrogens is 286 g/mol. The fraction of sp³-hybridized carbons (Fsp3) is 0.182. The number of hydroxylamine groups is 1. The number of aromatic nitrogens is 1. The number of rotatable bonds is 5. The Balaban J connectivity index is 2.08. The van der Waals surface area contributed by atoms with Crippen molar-refractivity contribution >= 4 is 34.5 Å². The summed E-state index contributed by atoms with van der Waals surface area (Å²) >= 11 is 2.84. The zero-order chi connectivity index (χ0) is 13.8. The van der Waals surface area contributed by atoms with Crippen LogP contribution in [0.3, 0.4) is 0 Å². The Morgan fingerprint density at radius 1 is 1.53 bits per heavy atom. The van der Waals surface area contributed by atoms with Crippen molar-refractivity contribution in [3.8, 4) is 10.6 Å². The van der Waals surface area contributed by atoms with E-state index in [2.05, 4.69) is 15.3 Å². The van der Waals surface area contributed by atoms with Crippen LogP contribution in [0.2, 0.25) is 0 Å². The predicted molar refractivity (Wildman–Crippen MR) is 72.8 cm³/mol. The maximum atomic E-state index is 11.8. The van der Waals surface area contributed by atoms with E-state index in [1.165, 1.54) is 11.3 Å². The number of amides is 2. The SMILES string of the molecule is Cc1nc(-c2ccsc2)sc1C(=O)NOCC(N)=O. The van der Waals surface area contributed by atoms with Gasteiger partial charge in [0.2, 0.25) is 5.91 Å². The largest absolute Gasteiger partial charge is 0.368 e. The zero-order valence-corrected chi connectivity index (χ0v) is 11.6. The summed E-state index contributed by atoms with van der Waals surface area (Å²) in [5.41, 5.74) is 8.65. The van der Waals surface area contributed by atoms with E-state index in [9.17, 15) is 9.59 Å². The molecule has 19 heavy (non-hydrogen) atoms. The van der Waals surface area contributed by atoms with Crippen LogP contribution in [0.4, 0.5) is 0 Å². The molecule has 2 aromatic heterocycles. The van der Waals surface area contributed by atoms with E-state index in [0.717, 1.165) is 10.6 Å². The van der Waals surface area contributed by atoms with Gasteiger partial charge in [-0.2, -0.15) is 11.3 Å². The van der Waals surface area contributed by atoms with Gasteiger partial charge in [-0.1, -0.05) is 0 Å². The van der Waals surface area contributed by atoms with Crippen molar-refractivity contribution in [1.29, 1.82) is 0 Å². The Morgan fingerprint density at radius 2 is 2.32 bits per heavy atom. The lowest BCUT2D eigenvalue weighted by molar-refractivity contribution is -0.124. The predicted octanol–water partition coefficient (Wildman–Crippen LogP) is 1.33. The van der Waals surface area contributed by atoms with Crippen LogP contribution in [0.1, 0.15) is 15.4 Å². The fourth-order valence-corrected chi connectivity index (χ4v) is 3.00. The quantitative estimate of drug-likeness (QED) is 0.814. The fourth-order valence-electron chi connectivity index (χ4n) is 1.34. The first kappa shape index (κ1) is 13.7. The first-order valence-electron chi connectivity index (χ1n) is 5.28. The number of nitrogens with two attached hydrogens (primary N) is 1. The summed E-state index contributed by atoms with van der Waals surface area (Å²) in [6, 6.07) is 1.94. The van der Waals surface area contributed by atoms with Gasteiger partial charge < -0.3 is 5.73 Å². The van der Waals surface area contributed by atoms with Gasteiger partial charge in [-0.05, 0) is 18.4 Å². The minimum atomic E-state index is -0.653. The lowest BCUT2D eigenvalue weighted by Crippen LogP contribution is -2.29. The molecule has 100 valence electrons. The van der Waals surface area contributed by atoms with Gasteiger partial charge in [0.1, 0.15) is 9.88 Å². The third-order valence-electron chi connectivity index (χ3n) is 2.15. The normalized spacial score (nSPS) is 10.4. The lowest BCUT2D eigenvalue weighted by atomic mass is 10.3. The molecule has 0 aromatic carbocycles. The summed E-state index contributed by atoms with van der Waals surface area (Å²) in [5.74, 6) is -1.09. The zero-order valence-electron chi connectivity index (χ0n) is 10.0. The molecule has 0 aliphatic heterocycles. The molecular formula is C11H11N3O3S2. The van der Waals surface area contributed by atoms with Gasteiger partial charge in [0, 0.05) is 10.9 Å². The van der Waals surface area contributed by atoms with Crippen molar-refractivity contribution in [3.63, 3.8) is 0 Å². The van der Waals surface area contributed by atoms with Crippen molar-refractivity contribution in [2.45, 2.75) is 6.92 Å². The highest BCUT2D eigenvalue weighted by Crippen LogP contribution is 2.29. The van der Waals surface area contributed by atoms with Gasteiger partial charge in [-0.3, -0.25) is 14.4 Å². The van der Waals surface area contributed by atoms with E-state index in [0.29, 0.717) is 10.6 Å². The first-order valence-corrected chi connectivity index (χ1v) is 7.04. The molecule has 0 fully saturated rings. The number of thiazole rings is 1. The minimum Gasteiger partial charge on any atom is -0.368 e. The summed E-state index contributed by atoms with van der Waals surface area (Å²) in [6.45, 7) is 1.39. The van der Waals surface area contributed by atoms with Crippen LogP contribution >= 0.6 is 22.7 Å². The first-order chi connectivity index (χ1) is 9.08. The van der Waals surface area contributed by atoms with E-state index in [1.54, 1.807) is 18.3 Å². The monoisotopic (exact) mass is 297 g/mol. The highest BCUT2D eigenvalue weighted by Gasteiger charge is 2.16. The van der Waals surface area contributed by atoms with Gasteiger partial charge >= 0.3 is 0 Å². The molecule has 0 unspecified atom stereocenters. The molecule has 0 aliphatic rings. The van der Waals surface area contributed by atoms with Crippen LogP contribution in [0.25, 0.3) is 10.6 Å². The highest BCUT2D eigenvalue weighted by molar-refractivity contribution is 7.17. The number of hydrogen-bond acceptors (Lipinski definition) is 6. The Labute approximate surface area is 117 Å². The van der Waals surface area contributed by atoms with E-state index in [4.69, 9.17) is 5.73 Å². The molecule has 0 spiro atoms. The number of hydrogen-bond donors (Lipinski definition) is 2. The van der Waals surface area contributed by atoms with Gasteiger partial charge in [-0.15, -0.1) is 11.3 Å². The van der Waals surface area contributed by atoms with Crippen molar-refractivity contribution in [2.75, 3.05) is 6.61 Å². The molecule has 0 radical (unpaired) electrons. The summed E-state index contributed by atoms with van der Waals surface area (Å²) < 4.78 is 0. The van der Waals surface area contributed by atoms with Crippen molar-refractivity contribution in [3.05, 3.63) is 27.4 Å². The molecule has 2 rings (SSSR count). The molecule has 0 saturated heterocycles. The maximum absolute atomic E-state index is 11.8. The number of thiophene rings is 1. The lowest BCUT2D eigenvalue weighted by Gasteiger charge is -2.01. The number of nitrogens with zero attached hydrogens (tertiary/aromatic N) is 1. The van der Waals surface area contributed by atoms with Gasteiger partial charge in [0.25, 0.3) is 5.91 Å². The smallest absolute Gasteiger partial charge is 0.286 e. The standard InChI is InChI=1S/C11H11N3O3S2/c1-6-9(10(16)14-17-4-8(12)15)19-11(13-6)7-2-3-18-5-7/h2-3,5H,4H2,1H3,(H2,12,15)(H,14,16). The molecule has 3 N–H and O–H groups in total. The van der Waals surface area contributed by atoms with Crippen LogP contribution in [0.5, 0.6) is 0 Å². The minimum absolute atomic E-state index is 0.360. The summed E-state index contributed by atoms with van der Waals surface area (Å²) in [7, 11) is 0. The molecule has 0 saturated carbocycles. The van der Waals surface area contributed by atoms with Crippen LogP contribution in [-0.4, -0.2) is 23.4 Å². The molecule has 6 nitrogen and oxygen atoms in total. The van der Waals surface area contributed by atoms with Gasteiger partial charge in [0.15, 0.2) is 6.61 Å². The summed E-state index contributed by atoms with van der Waals surface area (Å²) in [5, 5.41) is 4.68. The molecule has 2 aromatic rings. The van der Waals surface area contributed by atoms with Crippen molar-refractivity contribution in [2.24, 2.45) is 5.73 Å². The number of nitrogens with one attached hydrogen (secondary N) is 1. The molecule has 2 amide bonds. The Kier molecular flexibility index (Phi) is 4.25. The van der Waals surface area contributed by atoms with Crippen LogP contribution in [0, 0.1) is 6.92 Å². The molecule has 2 heterocycles. The van der Waals surface area contributed by atoms with Gasteiger partial charge in [-0.25, -0.2) is 10.5 Å². The van der Waals surface area contributed by atoms with E-state index in [1.807, 2.05) is 16.8 Å². The second-order valence-electron chi connectivity index (χ2n) is 3.63. The average molecular weight is 297 g/mol. The van der Waals surface area contributed by atoms with E-state index < -0.39 is 11.8 Å². The Hall–Kier alpha value is -1.77. The average Bonchev–Trinajstić information content (AvgIpc) is 2.96. The number of primary amides is 1. The number of carbonyl (C=O) groups is 2. The molecule has 0 atom stereocenters. The number of carbonyl (C=O) groups excluding carboxylic acids is 2. The van der Waals surface area contributed by atoms with Crippen molar-refractivity contribution < 1.29 is 14.4 Å². The van der Waals surface area contributed by atoms with E-state index in [-0.39, 0.29) is 6.61 Å². The molecule has 0 bridgehead atoms. The number of aryl methyl sites for hydroxylation is 1. The van der Waals surface area contributed by atoms with Crippen LogP contribution < -0.4 is 11.2 Å². The third kappa shape index (κ3) is 3.37. The van der Waals surface area contributed by atoms with E-state index >= 15 is 0 Å². The summed E-state index contributed by atoms with van der Waals surface area (Å²) in [4.78, 5) is 31.8. The van der Waals surface area contributed by atoms with Gasteiger partial charge in [0.05, 0.1) is 5.69 Å². The molecule has 0 aliphatic carbocycles. The second kappa shape index (κ2) is 5.91. The second-order valence-corrected chi connectivity index (χ2v) is 5.41. The third-order valence-corrected chi connectivity index (χ3v) is 4.04. The highest BCUT2D eigenvalue weighted by atomic mass is 32.1. The maximum Gasteiger partial charge on any atom is 0.286 e. The van der Waals surface area contributed by atoms with Crippen molar-refractivity contribution in [1.82, 2.24) is 10.5 Å². The summed E-state index contributed by atoms with van der Waals surface area (Å²) in [6.07, 6.45) is 0. The molecule has 8 heteroatoms. The Bertz CT molecular complexity index is 592. The Morgan fingerprint density at radius 3 is 2.95 bits per heavy atom. The van der Waals surface area contributed by atoms with Crippen LogP contribution in [0.15, 0.2) is 16.8 Å².